The van der Waals surface area contributed by atoms with Crippen LogP contribution in [0.4, 0.5) is 10.1 Å². The van der Waals surface area contributed by atoms with E-state index in [9.17, 15) is 24.1 Å². The monoisotopic (exact) mass is 417 g/mol. The van der Waals surface area contributed by atoms with E-state index in [0.29, 0.717) is 17.5 Å². The summed E-state index contributed by atoms with van der Waals surface area (Å²) < 4.78 is 25.1. The largest absolute Gasteiger partial charge is 0.494 e. The van der Waals surface area contributed by atoms with Gasteiger partial charge in [-0.2, -0.15) is 0 Å². The molecular formula is C20H20FN3O6. The van der Waals surface area contributed by atoms with E-state index in [1.165, 1.54) is 42.0 Å². The van der Waals surface area contributed by atoms with E-state index in [2.05, 4.69) is 5.32 Å². The lowest BCUT2D eigenvalue weighted by Crippen LogP contribution is -2.27. The summed E-state index contributed by atoms with van der Waals surface area (Å²) in [6.07, 6.45) is 0.482. The zero-order valence-corrected chi connectivity index (χ0v) is 16.4. The predicted octanol–water partition coefficient (Wildman–Crippen LogP) is 3.31. The van der Waals surface area contributed by atoms with Crippen LogP contribution in [0.5, 0.6) is 5.75 Å². The highest BCUT2D eigenvalue weighted by atomic mass is 19.1. The summed E-state index contributed by atoms with van der Waals surface area (Å²) in [6.45, 7) is 1.95. The number of benzene rings is 2. The van der Waals surface area contributed by atoms with Crippen LogP contribution in [0.2, 0.25) is 0 Å². The Balaban J connectivity index is 1.59. The lowest BCUT2D eigenvalue weighted by Gasteiger charge is -2.15. The molecule has 3 rings (SSSR count). The second kappa shape index (κ2) is 8.76. The van der Waals surface area contributed by atoms with Gasteiger partial charge in [0.15, 0.2) is 17.1 Å². The van der Waals surface area contributed by atoms with Crippen LogP contribution in [0.25, 0.3) is 11.1 Å². The molecule has 0 radical (unpaired) electrons. The molecule has 1 amide bonds. The van der Waals surface area contributed by atoms with E-state index in [-0.39, 0.29) is 35.9 Å². The number of fused-ring (bicyclic) bond motifs is 1. The number of aryl methyl sites for hydroxylation is 1. The van der Waals surface area contributed by atoms with Gasteiger partial charge in [-0.1, -0.05) is 6.07 Å². The van der Waals surface area contributed by atoms with Gasteiger partial charge in [-0.15, -0.1) is 0 Å². The van der Waals surface area contributed by atoms with Gasteiger partial charge in [-0.3, -0.25) is 19.5 Å². The van der Waals surface area contributed by atoms with Crippen molar-refractivity contribution in [1.29, 1.82) is 0 Å². The van der Waals surface area contributed by atoms with Crippen molar-refractivity contribution in [1.82, 2.24) is 9.88 Å². The predicted molar refractivity (Wildman–Crippen MR) is 106 cm³/mol. The molecular weight excluding hydrogens is 397 g/mol. The standard InChI is InChI=1S/C20H20FN3O6/c1-12(13-5-8-17(29-2)15(21)10-13)22-19(25)4-3-9-23-16-7-6-14(24(27)28)11-18(16)30-20(23)26/h5-8,10-12H,3-4,9H2,1-2H3,(H,22,25). The van der Waals surface area contributed by atoms with Crippen molar-refractivity contribution in [3.63, 3.8) is 0 Å². The maximum Gasteiger partial charge on any atom is 0.419 e. The molecule has 2 aromatic carbocycles. The summed E-state index contributed by atoms with van der Waals surface area (Å²) in [6, 6.07) is 7.98. The zero-order chi connectivity index (χ0) is 21.8. The van der Waals surface area contributed by atoms with Crippen LogP contribution < -0.4 is 15.8 Å². The molecule has 0 aliphatic heterocycles. The van der Waals surface area contributed by atoms with Crippen molar-refractivity contribution in [3.8, 4) is 5.75 Å². The lowest BCUT2D eigenvalue weighted by molar-refractivity contribution is -0.384. The van der Waals surface area contributed by atoms with Gasteiger partial charge in [0.25, 0.3) is 5.69 Å². The Bertz CT molecular complexity index is 1150. The van der Waals surface area contributed by atoms with Crippen LogP contribution in [0.15, 0.2) is 45.6 Å². The number of nitrogens with zero attached hydrogens (tertiary/aromatic N) is 2. The SMILES string of the molecule is COc1ccc(C(C)NC(=O)CCCn2c(=O)oc3cc([N+](=O)[O-])ccc32)cc1F. The van der Waals surface area contributed by atoms with Crippen LogP contribution in [0.1, 0.15) is 31.4 Å². The molecule has 9 nitrogen and oxygen atoms in total. The molecule has 0 aliphatic carbocycles. The molecule has 0 fully saturated rings. The van der Waals surface area contributed by atoms with E-state index in [1.807, 2.05) is 0 Å². The van der Waals surface area contributed by atoms with E-state index >= 15 is 0 Å². The van der Waals surface area contributed by atoms with E-state index in [4.69, 9.17) is 9.15 Å². The average molecular weight is 417 g/mol. The number of non-ortho nitro benzene ring substituents is 1. The molecule has 3 aromatic rings. The zero-order valence-electron chi connectivity index (χ0n) is 16.4. The number of ether oxygens (including phenoxy) is 1. The fourth-order valence-electron chi connectivity index (χ4n) is 3.13. The third-order valence-corrected chi connectivity index (χ3v) is 4.70. The van der Waals surface area contributed by atoms with Crippen molar-refractivity contribution >= 4 is 22.7 Å². The summed E-state index contributed by atoms with van der Waals surface area (Å²) in [4.78, 5) is 34.5. The van der Waals surface area contributed by atoms with Crippen LogP contribution in [-0.4, -0.2) is 22.5 Å². The summed E-state index contributed by atoms with van der Waals surface area (Å²) in [5, 5.41) is 13.6. The lowest BCUT2D eigenvalue weighted by atomic mass is 10.1. The average Bonchev–Trinajstić information content (AvgIpc) is 3.02. The van der Waals surface area contributed by atoms with Crippen LogP contribution in [-0.2, 0) is 11.3 Å². The Morgan fingerprint density at radius 1 is 1.33 bits per heavy atom. The molecule has 10 heteroatoms. The highest BCUT2D eigenvalue weighted by molar-refractivity contribution is 5.77. The molecule has 1 heterocycles. The summed E-state index contributed by atoms with van der Waals surface area (Å²) >= 11 is 0. The fourth-order valence-corrected chi connectivity index (χ4v) is 3.13. The normalized spacial score (nSPS) is 12.0. The third-order valence-electron chi connectivity index (χ3n) is 4.70. The quantitative estimate of drug-likeness (QED) is 0.444. The number of rotatable bonds is 8. The molecule has 0 saturated carbocycles. The number of nitrogens with one attached hydrogen (secondary N) is 1. The van der Waals surface area contributed by atoms with Gasteiger partial charge in [0, 0.05) is 19.0 Å². The minimum Gasteiger partial charge on any atom is -0.494 e. The van der Waals surface area contributed by atoms with E-state index in [0.717, 1.165) is 0 Å². The topological polar surface area (TPSA) is 117 Å². The second-order valence-corrected chi connectivity index (χ2v) is 6.72. The minimum absolute atomic E-state index is 0.119. The Morgan fingerprint density at radius 3 is 2.77 bits per heavy atom. The van der Waals surface area contributed by atoms with E-state index in [1.54, 1.807) is 13.0 Å². The first-order valence-electron chi connectivity index (χ1n) is 9.20. The van der Waals surface area contributed by atoms with Gasteiger partial charge >= 0.3 is 5.76 Å². The van der Waals surface area contributed by atoms with Crippen molar-refractivity contribution in [2.75, 3.05) is 7.11 Å². The molecule has 0 aliphatic rings. The molecule has 1 aromatic heterocycles. The number of amides is 1. The highest BCUT2D eigenvalue weighted by Gasteiger charge is 2.15. The number of methoxy groups -OCH3 is 1. The Morgan fingerprint density at radius 2 is 2.10 bits per heavy atom. The maximum atomic E-state index is 13.8. The van der Waals surface area contributed by atoms with Gasteiger partial charge in [0.05, 0.1) is 29.7 Å². The molecule has 0 spiro atoms. The van der Waals surface area contributed by atoms with Crippen molar-refractivity contribution in [2.24, 2.45) is 0 Å². The fraction of sp³-hybridized carbons (Fsp3) is 0.300. The number of carbonyl (C=O) groups is 1. The van der Waals surface area contributed by atoms with E-state index < -0.39 is 22.5 Å². The third kappa shape index (κ3) is 4.48. The number of carbonyl (C=O) groups excluding carboxylic acids is 1. The van der Waals surface area contributed by atoms with Gasteiger partial charge in [-0.25, -0.2) is 9.18 Å². The minimum atomic E-state index is -0.645. The number of halogens is 1. The maximum absolute atomic E-state index is 13.8. The van der Waals surface area contributed by atoms with Gasteiger partial charge < -0.3 is 14.5 Å². The number of oxazole rings is 1. The number of hydrogen-bond donors (Lipinski definition) is 1. The molecule has 1 atom stereocenters. The van der Waals surface area contributed by atoms with Crippen molar-refractivity contribution in [3.05, 3.63) is 68.4 Å². The first-order valence-corrected chi connectivity index (χ1v) is 9.20. The summed E-state index contributed by atoms with van der Waals surface area (Å²) in [7, 11) is 1.37. The van der Waals surface area contributed by atoms with Crippen molar-refractivity contribution < 1.29 is 23.3 Å². The summed E-state index contributed by atoms with van der Waals surface area (Å²) in [5.41, 5.74) is 0.967. The number of hydrogen-bond acceptors (Lipinski definition) is 6. The van der Waals surface area contributed by atoms with Crippen LogP contribution in [0.3, 0.4) is 0 Å². The molecule has 30 heavy (non-hydrogen) atoms. The van der Waals surface area contributed by atoms with Gasteiger partial charge in [-0.05, 0) is 37.1 Å². The molecule has 0 saturated heterocycles. The van der Waals surface area contributed by atoms with Crippen LogP contribution in [0, 0.1) is 15.9 Å². The van der Waals surface area contributed by atoms with Gasteiger partial charge in [0.1, 0.15) is 0 Å². The first kappa shape index (κ1) is 21.0. The second-order valence-electron chi connectivity index (χ2n) is 6.72. The number of nitro benzene ring substituents is 1. The van der Waals surface area contributed by atoms with Gasteiger partial charge in [0.2, 0.25) is 5.91 Å². The van der Waals surface area contributed by atoms with Crippen molar-refractivity contribution in [2.45, 2.75) is 32.4 Å². The van der Waals surface area contributed by atoms with Crippen LogP contribution >= 0.6 is 0 Å². The molecule has 0 bridgehead atoms. The highest BCUT2D eigenvalue weighted by Crippen LogP contribution is 2.22. The Kier molecular flexibility index (Phi) is 6.14. The first-order chi connectivity index (χ1) is 14.3. The summed E-state index contributed by atoms with van der Waals surface area (Å²) in [5.74, 6) is -1.29. The smallest absolute Gasteiger partial charge is 0.419 e. The molecule has 1 unspecified atom stereocenters. The molecule has 1 N–H and O–H groups in total. The Hall–Kier alpha value is -3.69. The Labute approximate surface area is 170 Å². The number of aromatic nitrogens is 1. The number of nitro groups is 1. The molecule has 158 valence electrons.